The summed E-state index contributed by atoms with van der Waals surface area (Å²) in [5, 5.41) is 1.60. The second kappa shape index (κ2) is 5.05. The number of H-pyrrole nitrogens is 1. The van der Waals surface area contributed by atoms with Crippen molar-refractivity contribution in [2.45, 2.75) is 25.4 Å². The van der Waals surface area contributed by atoms with Crippen LogP contribution in [0.4, 0.5) is 0 Å². The van der Waals surface area contributed by atoms with Gasteiger partial charge in [0, 0.05) is 17.4 Å². The Kier molecular flexibility index (Phi) is 3.25. The van der Waals surface area contributed by atoms with Gasteiger partial charge >= 0.3 is 0 Å². The van der Waals surface area contributed by atoms with E-state index in [4.69, 9.17) is 10.5 Å². The van der Waals surface area contributed by atoms with E-state index in [1.54, 1.807) is 0 Å². The molecule has 3 N–H and O–H groups in total. The van der Waals surface area contributed by atoms with Crippen molar-refractivity contribution in [3.05, 3.63) is 40.7 Å². The van der Waals surface area contributed by atoms with Crippen LogP contribution in [0.2, 0.25) is 0 Å². The van der Waals surface area contributed by atoms with Crippen molar-refractivity contribution >= 4 is 10.8 Å². The van der Waals surface area contributed by atoms with Crippen LogP contribution in [0.25, 0.3) is 10.8 Å². The normalized spacial score (nSPS) is 22.8. The predicted octanol–water partition coefficient (Wildman–Crippen LogP) is 2.03. The first kappa shape index (κ1) is 12.2. The summed E-state index contributed by atoms with van der Waals surface area (Å²) in [5.41, 5.74) is 5.64. The molecule has 2 aromatic rings. The zero-order valence-electron chi connectivity index (χ0n) is 10.8. The summed E-state index contributed by atoms with van der Waals surface area (Å²) in [6.07, 6.45) is 3.39. The topological polar surface area (TPSA) is 68.1 Å². The van der Waals surface area contributed by atoms with Crippen molar-refractivity contribution in [1.29, 1.82) is 0 Å². The molecule has 0 spiro atoms. The van der Waals surface area contributed by atoms with Crippen LogP contribution < -0.4 is 16.0 Å². The first-order chi connectivity index (χ1) is 9.28. The molecule has 0 saturated heterocycles. The van der Waals surface area contributed by atoms with Gasteiger partial charge in [0.05, 0.1) is 0 Å². The third-order valence-corrected chi connectivity index (χ3v) is 3.90. The average Bonchev–Trinajstić information content (AvgIpc) is 2.86. The van der Waals surface area contributed by atoms with E-state index in [1.165, 1.54) is 0 Å². The van der Waals surface area contributed by atoms with Crippen LogP contribution in [-0.2, 0) is 0 Å². The Morgan fingerprint density at radius 2 is 2.16 bits per heavy atom. The number of nitrogens with one attached hydrogen (secondary N) is 1. The summed E-state index contributed by atoms with van der Waals surface area (Å²) in [6, 6.07) is 9.41. The minimum atomic E-state index is -0.101. The number of benzene rings is 1. The molecular weight excluding hydrogens is 240 g/mol. The molecule has 1 heterocycles. The number of aromatic nitrogens is 1. The minimum Gasteiger partial charge on any atom is -0.475 e. The summed E-state index contributed by atoms with van der Waals surface area (Å²) in [7, 11) is 0. The van der Waals surface area contributed by atoms with Crippen molar-refractivity contribution < 1.29 is 4.74 Å². The van der Waals surface area contributed by atoms with Crippen LogP contribution >= 0.6 is 0 Å². The van der Waals surface area contributed by atoms with Crippen LogP contribution in [-0.4, -0.2) is 17.6 Å². The van der Waals surface area contributed by atoms with Gasteiger partial charge in [0.1, 0.15) is 6.10 Å². The van der Waals surface area contributed by atoms with E-state index in [0.717, 1.165) is 24.6 Å². The molecule has 2 unspecified atom stereocenters. The molecule has 1 aromatic heterocycles. The number of aromatic amines is 1. The van der Waals surface area contributed by atoms with E-state index in [9.17, 15) is 4.79 Å². The van der Waals surface area contributed by atoms with Gasteiger partial charge < -0.3 is 10.5 Å². The maximum atomic E-state index is 12.0. The zero-order valence-corrected chi connectivity index (χ0v) is 10.8. The molecule has 100 valence electrons. The minimum absolute atomic E-state index is 0.101. The number of ether oxygens (including phenoxy) is 1. The molecule has 1 fully saturated rings. The maximum Gasteiger partial charge on any atom is 0.258 e. The fraction of sp³-hybridized carbons (Fsp3) is 0.400. The molecule has 4 heteroatoms. The lowest BCUT2D eigenvalue weighted by Gasteiger charge is -2.19. The molecule has 0 aliphatic heterocycles. The Balaban J connectivity index is 1.91. The van der Waals surface area contributed by atoms with Crippen molar-refractivity contribution in [1.82, 2.24) is 4.98 Å². The van der Waals surface area contributed by atoms with Gasteiger partial charge in [-0.3, -0.25) is 9.78 Å². The van der Waals surface area contributed by atoms with Gasteiger partial charge in [-0.2, -0.15) is 0 Å². The molecule has 3 rings (SSSR count). The lowest BCUT2D eigenvalue weighted by molar-refractivity contribution is 0.155. The standard InChI is InChI=1S/C15H18N2O2/c16-9-11-5-3-7-13(11)19-14-8-10-4-1-2-6-12(10)15(18)17-14/h1-2,4,6,8,11,13H,3,5,7,9,16H2,(H,17,18). The number of pyridine rings is 1. The lowest BCUT2D eigenvalue weighted by Crippen LogP contribution is -2.28. The Morgan fingerprint density at radius 3 is 3.00 bits per heavy atom. The molecule has 4 nitrogen and oxygen atoms in total. The Labute approximate surface area is 111 Å². The molecule has 2 atom stereocenters. The first-order valence-electron chi connectivity index (χ1n) is 6.76. The maximum absolute atomic E-state index is 12.0. The van der Waals surface area contributed by atoms with Gasteiger partial charge in [-0.1, -0.05) is 18.2 Å². The SMILES string of the molecule is NCC1CCCC1Oc1cc2ccccc2c(=O)[nH]1. The fourth-order valence-corrected chi connectivity index (χ4v) is 2.84. The summed E-state index contributed by atoms with van der Waals surface area (Å²) < 4.78 is 5.93. The average molecular weight is 258 g/mol. The predicted molar refractivity (Wildman–Crippen MR) is 75.4 cm³/mol. The molecule has 0 radical (unpaired) electrons. The smallest absolute Gasteiger partial charge is 0.258 e. The first-order valence-corrected chi connectivity index (χ1v) is 6.76. The van der Waals surface area contributed by atoms with Gasteiger partial charge in [-0.05, 0) is 37.3 Å². The van der Waals surface area contributed by atoms with Crippen molar-refractivity contribution in [3.63, 3.8) is 0 Å². The zero-order chi connectivity index (χ0) is 13.2. The highest BCUT2D eigenvalue weighted by atomic mass is 16.5. The summed E-state index contributed by atoms with van der Waals surface area (Å²) in [5.74, 6) is 0.948. The van der Waals surface area contributed by atoms with Gasteiger partial charge in [0.15, 0.2) is 5.88 Å². The van der Waals surface area contributed by atoms with Crippen LogP contribution in [0, 0.1) is 5.92 Å². The van der Waals surface area contributed by atoms with Crippen molar-refractivity contribution in [2.75, 3.05) is 6.54 Å². The summed E-state index contributed by atoms with van der Waals surface area (Å²) >= 11 is 0. The second-order valence-electron chi connectivity index (χ2n) is 5.13. The van der Waals surface area contributed by atoms with Crippen molar-refractivity contribution in [3.8, 4) is 5.88 Å². The van der Waals surface area contributed by atoms with Crippen LogP contribution in [0.15, 0.2) is 35.1 Å². The van der Waals surface area contributed by atoms with E-state index < -0.39 is 0 Å². The van der Waals surface area contributed by atoms with E-state index in [2.05, 4.69) is 4.98 Å². The third kappa shape index (κ3) is 2.36. The number of hydrogen-bond acceptors (Lipinski definition) is 3. The second-order valence-corrected chi connectivity index (χ2v) is 5.13. The fourth-order valence-electron chi connectivity index (χ4n) is 2.84. The highest BCUT2D eigenvalue weighted by Gasteiger charge is 2.28. The molecular formula is C15H18N2O2. The Morgan fingerprint density at radius 1 is 1.32 bits per heavy atom. The molecule has 1 saturated carbocycles. The number of hydrogen-bond donors (Lipinski definition) is 2. The van der Waals surface area contributed by atoms with Gasteiger partial charge in [-0.15, -0.1) is 0 Å². The highest BCUT2D eigenvalue weighted by Crippen LogP contribution is 2.28. The molecule has 1 aliphatic rings. The molecule has 0 amide bonds. The van der Waals surface area contributed by atoms with Crippen LogP contribution in [0.1, 0.15) is 19.3 Å². The van der Waals surface area contributed by atoms with E-state index >= 15 is 0 Å². The van der Waals surface area contributed by atoms with Crippen LogP contribution in [0.3, 0.4) is 0 Å². The Hall–Kier alpha value is -1.81. The lowest BCUT2D eigenvalue weighted by atomic mass is 10.1. The van der Waals surface area contributed by atoms with Crippen LogP contribution in [0.5, 0.6) is 5.88 Å². The molecule has 0 bridgehead atoms. The number of nitrogens with two attached hydrogens (primary N) is 1. The third-order valence-electron chi connectivity index (χ3n) is 3.90. The van der Waals surface area contributed by atoms with E-state index in [0.29, 0.717) is 23.7 Å². The summed E-state index contributed by atoms with van der Waals surface area (Å²) in [4.78, 5) is 14.8. The van der Waals surface area contributed by atoms with Crippen molar-refractivity contribution in [2.24, 2.45) is 11.7 Å². The largest absolute Gasteiger partial charge is 0.475 e. The molecule has 1 aromatic carbocycles. The quantitative estimate of drug-likeness (QED) is 0.885. The molecule has 19 heavy (non-hydrogen) atoms. The van der Waals surface area contributed by atoms with Gasteiger partial charge in [-0.25, -0.2) is 0 Å². The van der Waals surface area contributed by atoms with E-state index in [1.807, 2.05) is 30.3 Å². The van der Waals surface area contributed by atoms with E-state index in [-0.39, 0.29) is 11.7 Å². The summed E-state index contributed by atoms with van der Waals surface area (Å²) in [6.45, 7) is 0.641. The van der Waals surface area contributed by atoms with Gasteiger partial charge in [0.25, 0.3) is 5.56 Å². The monoisotopic (exact) mass is 258 g/mol. The Bertz CT molecular complexity index is 635. The number of rotatable bonds is 3. The number of fused-ring (bicyclic) bond motifs is 1. The van der Waals surface area contributed by atoms with Gasteiger partial charge in [0.2, 0.25) is 0 Å². The highest BCUT2D eigenvalue weighted by molar-refractivity contribution is 5.82. The molecule has 1 aliphatic carbocycles.